The van der Waals surface area contributed by atoms with Crippen LogP contribution in [-0.4, -0.2) is 29.8 Å². The van der Waals surface area contributed by atoms with Gasteiger partial charge >= 0.3 is 0 Å². The molecule has 1 atom stereocenters. The number of hydrogen-bond donors (Lipinski definition) is 2. The SMILES string of the molecule is CC(C(=O)Nc1nc2c(s1)C(=O)CC(C)(C)C2)C1CNC1.Cl. The molecule has 3 rings (SSSR count). The molecule has 1 saturated heterocycles. The molecule has 1 aromatic heterocycles. The molecule has 2 N–H and O–H groups in total. The zero-order chi connectivity index (χ0) is 15.2. The lowest BCUT2D eigenvalue weighted by Crippen LogP contribution is -2.48. The van der Waals surface area contributed by atoms with Gasteiger partial charge < -0.3 is 10.6 Å². The van der Waals surface area contributed by atoms with Gasteiger partial charge in [-0.05, 0) is 30.8 Å². The van der Waals surface area contributed by atoms with Crippen molar-refractivity contribution in [1.29, 1.82) is 0 Å². The molecule has 0 radical (unpaired) electrons. The minimum atomic E-state index is -0.0374. The second kappa shape index (κ2) is 6.26. The summed E-state index contributed by atoms with van der Waals surface area (Å²) in [7, 11) is 0. The van der Waals surface area contributed by atoms with E-state index in [9.17, 15) is 9.59 Å². The molecular formula is C15H22ClN3O2S. The van der Waals surface area contributed by atoms with E-state index in [-0.39, 0.29) is 35.4 Å². The average molecular weight is 344 g/mol. The molecule has 1 fully saturated rings. The number of Topliss-reactive ketones (excluding diaryl/α,β-unsaturated/α-hetero) is 1. The van der Waals surface area contributed by atoms with Crippen molar-refractivity contribution in [3.8, 4) is 0 Å². The number of ketones is 1. The molecule has 1 amide bonds. The number of thiazole rings is 1. The van der Waals surface area contributed by atoms with Gasteiger partial charge in [0.2, 0.25) is 5.91 Å². The van der Waals surface area contributed by atoms with Gasteiger partial charge in [-0.1, -0.05) is 32.1 Å². The van der Waals surface area contributed by atoms with Crippen LogP contribution in [0.15, 0.2) is 0 Å². The number of aromatic nitrogens is 1. The van der Waals surface area contributed by atoms with E-state index >= 15 is 0 Å². The van der Waals surface area contributed by atoms with Crippen LogP contribution >= 0.6 is 23.7 Å². The van der Waals surface area contributed by atoms with Gasteiger partial charge in [0.25, 0.3) is 0 Å². The summed E-state index contributed by atoms with van der Waals surface area (Å²) in [4.78, 5) is 29.6. The van der Waals surface area contributed by atoms with Crippen molar-refractivity contribution >= 4 is 40.6 Å². The van der Waals surface area contributed by atoms with Crippen LogP contribution in [-0.2, 0) is 11.2 Å². The van der Waals surface area contributed by atoms with Crippen molar-refractivity contribution in [2.24, 2.45) is 17.3 Å². The van der Waals surface area contributed by atoms with Gasteiger partial charge in [0.05, 0.1) is 10.6 Å². The monoisotopic (exact) mass is 343 g/mol. The van der Waals surface area contributed by atoms with E-state index in [1.165, 1.54) is 11.3 Å². The Morgan fingerprint density at radius 2 is 2.09 bits per heavy atom. The molecular weight excluding hydrogens is 322 g/mol. The highest BCUT2D eigenvalue weighted by atomic mass is 35.5. The summed E-state index contributed by atoms with van der Waals surface area (Å²) in [6.07, 6.45) is 1.35. The van der Waals surface area contributed by atoms with E-state index in [0.29, 0.717) is 17.5 Å². The maximum absolute atomic E-state index is 12.2. The maximum atomic E-state index is 12.2. The van der Waals surface area contributed by atoms with Crippen molar-refractivity contribution in [3.05, 3.63) is 10.6 Å². The van der Waals surface area contributed by atoms with Crippen LogP contribution in [0.4, 0.5) is 5.13 Å². The third-order valence-corrected chi connectivity index (χ3v) is 5.45. The topological polar surface area (TPSA) is 71.1 Å². The Hall–Kier alpha value is -0.980. The molecule has 122 valence electrons. The van der Waals surface area contributed by atoms with Gasteiger partial charge in [-0.25, -0.2) is 4.98 Å². The van der Waals surface area contributed by atoms with Gasteiger partial charge in [0.1, 0.15) is 0 Å². The number of anilines is 1. The van der Waals surface area contributed by atoms with Crippen LogP contribution in [0.3, 0.4) is 0 Å². The Morgan fingerprint density at radius 3 is 2.68 bits per heavy atom. The molecule has 0 saturated carbocycles. The zero-order valence-electron chi connectivity index (χ0n) is 13.1. The van der Waals surface area contributed by atoms with Crippen LogP contribution in [0.1, 0.15) is 42.6 Å². The molecule has 5 nitrogen and oxygen atoms in total. The van der Waals surface area contributed by atoms with E-state index < -0.39 is 0 Å². The molecule has 22 heavy (non-hydrogen) atoms. The van der Waals surface area contributed by atoms with Gasteiger partial charge in [-0.2, -0.15) is 0 Å². The molecule has 7 heteroatoms. The van der Waals surface area contributed by atoms with Crippen molar-refractivity contribution in [2.45, 2.75) is 33.6 Å². The number of rotatable bonds is 3. The van der Waals surface area contributed by atoms with Gasteiger partial charge in [0.15, 0.2) is 10.9 Å². The molecule has 0 bridgehead atoms. The lowest BCUT2D eigenvalue weighted by Gasteiger charge is -2.31. The largest absolute Gasteiger partial charge is 0.316 e. The van der Waals surface area contributed by atoms with Crippen molar-refractivity contribution < 1.29 is 9.59 Å². The molecule has 1 aliphatic carbocycles. The first-order valence-electron chi connectivity index (χ1n) is 7.40. The smallest absolute Gasteiger partial charge is 0.229 e. The first-order valence-corrected chi connectivity index (χ1v) is 8.22. The zero-order valence-corrected chi connectivity index (χ0v) is 14.7. The van der Waals surface area contributed by atoms with Crippen molar-refractivity contribution in [2.75, 3.05) is 18.4 Å². The van der Waals surface area contributed by atoms with Crippen molar-refractivity contribution in [3.63, 3.8) is 0 Å². The number of nitrogens with zero attached hydrogens (tertiary/aromatic N) is 1. The fourth-order valence-electron chi connectivity index (χ4n) is 2.87. The van der Waals surface area contributed by atoms with E-state index in [0.717, 1.165) is 30.1 Å². The van der Waals surface area contributed by atoms with Gasteiger partial charge in [-0.15, -0.1) is 12.4 Å². The predicted molar refractivity (Wildman–Crippen MR) is 89.9 cm³/mol. The predicted octanol–water partition coefficient (Wildman–Crippen LogP) is 2.51. The lowest BCUT2D eigenvalue weighted by atomic mass is 9.78. The van der Waals surface area contributed by atoms with Gasteiger partial charge in [0, 0.05) is 12.3 Å². The summed E-state index contributed by atoms with van der Waals surface area (Å²) >= 11 is 1.32. The normalized spacial score (nSPS) is 21.3. The lowest BCUT2D eigenvalue weighted by molar-refractivity contribution is -0.121. The Balaban J connectivity index is 0.00000176. The van der Waals surface area contributed by atoms with Crippen molar-refractivity contribution in [1.82, 2.24) is 10.3 Å². The van der Waals surface area contributed by atoms with Gasteiger partial charge in [-0.3, -0.25) is 9.59 Å². The number of carbonyl (C=O) groups excluding carboxylic acids is 2. The minimum Gasteiger partial charge on any atom is -0.316 e. The number of amides is 1. The van der Waals surface area contributed by atoms with Crippen LogP contribution in [0.25, 0.3) is 0 Å². The molecule has 2 heterocycles. The minimum absolute atomic E-state index is 0. The summed E-state index contributed by atoms with van der Waals surface area (Å²) in [5, 5.41) is 6.63. The first-order chi connectivity index (χ1) is 9.85. The third kappa shape index (κ3) is 3.34. The summed E-state index contributed by atoms with van der Waals surface area (Å²) in [5.41, 5.74) is 0.805. The highest BCUT2D eigenvalue weighted by Crippen LogP contribution is 2.38. The molecule has 1 aliphatic heterocycles. The highest BCUT2D eigenvalue weighted by molar-refractivity contribution is 7.17. The fraction of sp³-hybridized carbons (Fsp3) is 0.667. The number of fused-ring (bicyclic) bond motifs is 1. The maximum Gasteiger partial charge on any atom is 0.229 e. The second-order valence-electron chi connectivity index (χ2n) is 6.93. The Labute approximate surface area is 140 Å². The first kappa shape index (κ1) is 17.4. The van der Waals surface area contributed by atoms with E-state index in [1.54, 1.807) is 0 Å². The summed E-state index contributed by atoms with van der Waals surface area (Å²) in [5.74, 6) is 0.522. The van der Waals surface area contributed by atoms with E-state index in [1.807, 2.05) is 6.92 Å². The second-order valence-corrected chi connectivity index (χ2v) is 7.93. The summed E-state index contributed by atoms with van der Waals surface area (Å²) < 4.78 is 0. The average Bonchev–Trinajstić information content (AvgIpc) is 2.67. The Morgan fingerprint density at radius 1 is 1.41 bits per heavy atom. The van der Waals surface area contributed by atoms with Crippen LogP contribution in [0.2, 0.25) is 0 Å². The van der Waals surface area contributed by atoms with Crippen LogP contribution in [0, 0.1) is 17.3 Å². The van der Waals surface area contributed by atoms with Crippen LogP contribution in [0.5, 0.6) is 0 Å². The molecule has 2 aliphatic rings. The molecule has 0 spiro atoms. The van der Waals surface area contributed by atoms with Crippen LogP contribution < -0.4 is 10.6 Å². The number of carbonyl (C=O) groups is 2. The Kier molecular flexibility index (Phi) is 4.94. The Bertz CT molecular complexity index is 596. The fourth-order valence-corrected chi connectivity index (χ4v) is 3.79. The third-order valence-electron chi connectivity index (χ3n) is 4.40. The number of nitrogens with one attached hydrogen (secondary N) is 2. The van der Waals surface area contributed by atoms with E-state index in [2.05, 4.69) is 29.5 Å². The number of hydrogen-bond acceptors (Lipinski definition) is 5. The highest BCUT2D eigenvalue weighted by Gasteiger charge is 2.35. The molecule has 0 aromatic carbocycles. The quantitative estimate of drug-likeness (QED) is 0.884. The molecule has 1 unspecified atom stereocenters. The summed E-state index contributed by atoms with van der Waals surface area (Å²) in [6.45, 7) is 7.90. The van der Waals surface area contributed by atoms with E-state index in [4.69, 9.17) is 0 Å². The standard InChI is InChI=1S/C15H21N3O2S.ClH/c1-8(9-6-16-7-9)13(20)18-14-17-10-4-15(2,3)5-11(19)12(10)21-14;/h8-9,16H,4-7H2,1-3H3,(H,17,18,20);1H. The summed E-state index contributed by atoms with van der Waals surface area (Å²) in [6, 6.07) is 0. The molecule has 1 aromatic rings. The number of halogens is 1.